The van der Waals surface area contributed by atoms with E-state index in [0.717, 1.165) is 6.20 Å². The average Bonchev–Trinajstić information content (AvgIpc) is 2.74. The molecule has 0 aliphatic rings. The minimum absolute atomic E-state index is 0.0203. The first-order chi connectivity index (χ1) is 14.9. The molecule has 1 aromatic carbocycles. The van der Waals surface area contributed by atoms with E-state index in [1.54, 1.807) is 19.1 Å². The molecule has 4 aromatic rings. The van der Waals surface area contributed by atoms with E-state index in [2.05, 4.69) is 15.3 Å². The highest BCUT2D eigenvalue weighted by atomic mass is 19.1. The number of aromatic nitrogens is 3. The normalized spacial score (nSPS) is 11.8. The minimum atomic E-state index is -0.575. The molecule has 0 fully saturated rings. The van der Waals surface area contributed by atoms with Crippen LogP contribution in [0.5, 0.6) is 0 Å². The molecule has 31 heavy (non-hydrogen) atoms. The van der Waals surface area contributed by atoms with Gasteiger partial charge in [0.15, 0.2) is 0 Å². The van der Waals surface area contributed by atoms with Crippen LogP contribution in [-0.4, -0.2) is 14.4 Å². The van der Waals surface area contributed by atoms with Gasteiger partial charge >= 0.3 is 0 Å². The van der Waals surface area contributed by atoms with Gasteiger partial charge in [-0.05, 0) is 48.4 Å². The first-order valence-corrected chi connectivity index (χ1v) is 9.27. The lowest BCUT2D eigenvalue weighted by Gasteiger charge is -2.20. The molecule has 0 aliphatic heterocycles. The number of anilines is 2. The Bertz CT molecular complexity index is 1410. The number of nitriles is 1. The Kier molecular flexibility index (Phi) is 5.05. The number of rotatable bonds is 4. The third-order valence-electron chi connectivity index (χ3n) is 4.83. The van der Waals surface area contributed by atoms with Crippen LogP contribution in [0.4, 0.5) is 20.5 Å². The van der Waals surface area contributed by atoms with E-state index in [1.165, 1.54) is 40.9 Å². The fourth-order valence-electron chi connectivity index (χ4n) is 3.40. The van der Waals surface area contributed by atoms with Gasteiger partial charge in [-0.1, -0.05) is 12.1 Å². The van der Waals surface area contributed by atoms with E-state index in [4.69, 9.17) is 5.73 Å². The molecule has 0 unspecified atom stereocenters. The van der Waals surface area contributed by atoms with Gasteiger partial charge in [0.1, 0.15) is 29.1 Å². The molecule has 154 valence electrons. The van der Waals surface area contributed by atoms with Crippen molar-refractivity contribution in [2.24, 2.45) is 0 Å². The second-order valence-corrected chi connectivity index (χ2v) is 6.90. The molecule has 7 nitrogen and oxygen atoms in total. The van der Waals surface area contributed by atoms with Crippen LogP contribution < -0.4 is 16.6 Å². The van der Waals surface area contributed by atoms with Gasteiger partial charge in [0.2, 0.25) is 5.95 Å². The molecule has 0 saturated carbocycles. The van der Waals surface area contributed by atoms with Crippen molar-refractivity contribution >= 4 is 17.3 Å². The van der Waals surface area contributed by atoms with Crippen LogP contribution in [0.1, 0.15) is 24.1 Å². The molecule has 0 radical (unpaired) electrons. The van der Waals surface area contributed by atoms with E-state index < -0.39 is 23.2 Å². The second kappa shape index (κ2) is 7.84. The fraction of sp³-hybridized carbons (Fsp3) is 0.0909. The quantitative estimate of drug-likeness (QED) is 0.524. The summed E-state index contributed by atoms with van der Waals surface area (Å²) in [6, 6.07) is 11.5. The molecule has 3 aromatic heterocycles. The zero-order valence-corrected chi connectivity index (χ0v) is 16.3. The van der Waals surface area contributed by atoms with Crippen LogP contribution in [0.15, 0.2) is 59.7 Å². The van der Waals surface area contributed by atoms with Gasteiger partial charge in [-0.25, -0.2) is 13.8 Å². The van der Waals surface area contributed by atoms with Crippen LogP contribution in [0.25, 0.3) is 16.6 Å². The van der Waals surface area contributed by atoms with Crippen molar-refractivity contribution < 1.29 is 8.78 Å². The highest BCUT2D eigenvalue weighted by molar-refractivity contribution is 5.71. The number of halogens is 2. The molecule has 3 heterocycles. The van der Waals surface area contributed by atoms with E-state index in [1.807, 2.05) is 6.07 Å². The van der Waals surface area contributed by atoms with Crippen LogP contribution in [0, 0.1) is 23.0 Å². The summed E-state index contributed by atoms with van der Waals surface area (Å²) in [6.07, 6.45) is 2.38. The Morgan fingerprint density at radius 1 is 1.19 bits per heavy atom. The molecule has 0 saturated heterocycles. The topological polar surface area (TPSA) is 109 Å². The highest BCUT2D eigenvalue weighted by Gasteiger charge is 2.20. The summed E-state index contributed by atoms with van der Waals surface area (Å²) in [7, 11) is 0. The van der Waals surface area contributed by atoms with Crippen molar-refractivity contribution in [1.29, 1.82) is 5.26 Å². The van der Waals surface area contributed by atoms with E-state index in [-0.39, 0.29) is 22.9 Å². The summed E-state index contributed by atoms with van der Waals surface area (Å²) in [5.41, 5.74) is 6.83. The number of hydrogen-bond donors (Lipinski definition) is 2. The van der Waals surface area contributed by atoms with Crippen molar-refractivity contribution in [3.8, 4) is 17.2 Å². The summed E-state index contributed by atoms with van der Waals surface area (Å²) in [5.74, 6) is -0.905. The molecule has 0 amide bonds. The fourth-order valence-corrected chi connectivity index (χ4v) is 3.40. The van der Waals surface area contributed by atoms with Gasteiger partial charge in [0, 0.05) is 11.7 Å². The molecule has 3 N–H and O–H groups in total. The van der Waals surface area contributed by atoms with E-state index in [9.17, 15) is 18.8 Å². The highest BCUT2D eigenvalue weighted by Crippen LogP contribution is 2.30. The van der Waals surface area contributed by atoms with Crippen LogP contribution in [0.3, 0.4) is 0 Å². The van der Waals surface area contributed by atoms with E-state index in [0.29, 0.717) is 16.6 Å². The van der Waals surface area contributed by atoms with Gasteiger partial charge in [-0.15, -0.1) is 0 Å². The average molecular weight is 418 g/mol. The third kappa shape index (κ3) is 3.79. The molecular formula is C22H16F2N6O. The lowest BCUT2D eigenvalue weighted by atomic mass is 9.96. The predicted octanol–water partition coefficient (Wildman–Crippen LogP) is 3.66. The van der Waals surface area contributed by atoms with Gasteiger partial charge < -0.3 is 11.1 Å². The van der Waals surface area contributed by atoms with Crippen molar-refractivity contribution in [1.82, 2.24) is 14.4 Å². The summed E-state index contributed by atoms with van der Waals surface area (Å²) in [5, 5.41) is 12.4. The molecule has 0 spiro atoms. The molecule has 0 aliphatic carbocycles. The van der Waals surface area contributed by atoms with Crippen molar-refractivity contribution in [2.75, 3.05) is 11.1 Å². The molecule has 9 heteroatoms. The molecule has 1 atom stereocenters. The van der Waals surface area contributed by atoms with Gasteiger partial charge in [-0.2, -0.15) is 10.2 Å². The first kappa shape index (κ1) is 20.0. The Morgan fingerprint density at radius 3 is 2.74 bits per heavy atom. The van der Waals surface area contributed by atoms with Crippen LogP contribution in [0.2, 0.25) is 0 Å². The molecule has 4 rings (SSSR count). The maximum absolute atomic E-state index is 13.9. The minimum Gasteiger partial charge on any atom is -0.368 e. The number of fused-ring (bicyclic) bond motifs is 1. The Labute approximate surface area is 175 Å². The third-order valence-corrected chi connectivity index (χ3v) is 4.83. The summed E-state index contributed by atoms with van der Waals surface area (Å²) in [4.78, 5) is 21.2. The summed E-state index contributed by atoms with van der Waals surface area (Å²) < 4.78 is 28.9. The van der Waals surface area contributed by atoms with E-state index >= 15 is 0 Å². The monoisotopic (exact) mass is 418 g/mol. The van der Waals surface area contributed by atoms with Crippen LogP contribution in [-0.2, 0) is 0 Å². The Morgan fingerprint density at radius 2 is 2.00 bits per heavy atom. The van der Waals surface area contributed by atoms with Crippen molar-refractivity contribution in [2.45, 2.75) is 13.0 Å². The maximum atomic E-state index is 13.9. The second-order valence-electron chi connectivity index (χ2n) is 6.90. The number of benzene rings is 1. The van der Waals surface area contributed by atoms with Gasteiger partial charge in [-0.3, -0.25) is 9.20 Å². The van der Waals surface area contributed by atoms with Crippen molar-refractivity contribution in [3.63, 3.8) is 0 Å². The predicted molar refractivity (Wildman–Crippen MR) is 112 cm³/mol. The first-order valence-electron chi connectivity index (χ1n) is 9.27. The van der Waals surface area contributed by atoms with Gasteiger partial charge in [0.05, 0.1) is 17.8 Å². The Balaban J connectivity index is 1.93. The molecule has 0 bridgehead atoms. The SMILES string of the molecule is C[C@H](Nc1nc(N)ncc1C#N)c1cc2ccc(F)cn2c(=O)c1-c1cccc(F)c1. The van der Waals surface area contributed by atoms with Crippen LogP contribution >= 0.6 is 0 Å². The lowest BCUT2D eigenvalue weighted by molar-refractivity contribution is 0.618. The number of nitrogens with zero attached hydrogens (tertiary/aromatic N) is 4. The number of nitrogens with one attached hydrogen (secondary N) is 1. The zero-order chi connectivity index (χ0) is 22.1. The summed E-state index contributed by atoms with van der Waals surface area (Å²) >= 11 is 0. The molecular weight excluding hydrogens is 402 g/mol. The number of nitrogen functional groups attached to an aromatic ring is 1. The zero-order valence-electron chi connectivity index (χ0n) is 16.3. The summed E-state index contributed by atoms with van der Waals surface area (Å²) in [6.45, 7) is 1.76. The van der Waals surface area contributed by atoms with Crippen molar-refractivity contribution in [3.05, 3.63) is 88.0 Å². The number of nitrogens with two attached hydrogens (primary N) is 1. The maximum Gasteiger partial charge on any atom is 0.263 e. The largest absolute Gasteiger partial charge is 0.368 e. The standard InChI is InChI=1S/C22H16F2N6O/c1-12(28-20-14(9-25)10-27-22(26)29-20)18-8-17-6-5-16(24)11-30(17)21(31)19(18)13-3-2-4-15(23)7-13/h2-8,10-12H,1H3,(H3,26,27,28,29)/t12-/m0/s1. The number of hydrogen-bond acceptors (Lipinski definition) is 6. The lowest BCUT2D eigenvalue weighted by Crippen LogP contribution is -2.21. The number of pyridine rings is 2. The van der Waals surface area contributed by atoms with Gasteiger partial charge in [0.25, 0.3) is 5.56 Å². The Hall–Kier alpha value is -4.32. The smallest absolute Gasteiger partial charge is 0.263 e.